The molecule has 0 saturated heterocycles. The molecule has 6 heteroatoms. The number of hydrogen-bond acceptors (Lipinski definition) is 3. The quantitative estimate of drug-likeness (QED) is 0.677. The van der Waals surface area contributed by atoms with Crippen LogP contribution in [0.25, 0.3) is 11.0 Å². The van der Waals surface area contributed by atoms with Crippen LogP contribution < -0.4 is 5.69 Å². The Balaban J connectivity index is 2.36. The molecule has 1 aliphatic rings. The van der Waals surface area contributed by atoms with Crippen molar-refractivity contribution in [2.45, 2.75) is 0 Å². The Morgan fingerprint density at radius 1 is 1.19 bits per heavy atom. The minimum absolute atomic E-state index is 0.104. The summed E-state index contributed by atoms with van der Waals surface area (Å²) in [5.41, 5.74) is 0.981. The predicted molar refractivity (Wildman–Crippen MR) is 58.9 cm³/mol. The van der Waals surface area contributed by atoms with Gasteiger partial charge in [0.2, 0.25) is 5.96 Å². The van der Waals surface area contributed by atoms with Gasteiger partial charge in [-0.25, -0.2) is 14.4 Å². The molecule has 1 N–H and O–H groups in total. The molecule has 0 saturated carbocycles. The van der Waals surface area contributed by atoms with Crippen LogP contribution >= 0.6 is 0 Å². The lowest BCUT2D eigenvalue weighted by atomic mass is 10.3. The van der Waals surface area contributed by atoms with E-state index < -0.39 is 5.91 Å². The molecule has 1 aliphatic heterocycles. The maximum absolute atomic E-state index is 11.7. The number of amides is 1. The third kappa shape index (κ3) is 1.13. The Bertz CT molecular complexity index is 705. The summed E-state index contributed by atoms with van der Waals surface area (Å²) in [6.45, 7) is 0. The van der Waals surface area contributed by atoms with Crippen molar-refractivity contribution in [2.75, 3.05) is 0 Å². The Morgan fingerprint density at radius 3 is 2.75 bits per heavy atom. The highest BCUT2D eigenvalue weighted by molar-refractivity contribution is 6.35. The van der Waals surface area contributed by atoms with Gasteiger partial charge in [-0.15, -0.1) is 0 Å². The first-order valence-electron chi connectivity index (χ1n) is 4.62. The second kappa shape index (κ2) is 2.99. The van der Waals surface area contributed by atoms with Crippen LogP contribution in [0.15, 0.2) is 39.0 Å². The average Bonchev–Trinajstić information content (AvgIpc) is 2.80. The summed E-state index contributed by atoms with van der Waals surface area (Å²) in [6, 6.07) is 7.14. The van der Waals surface area contributed by atoms with Gasteiger partial charge in [0.1, 0.15) is 0 Å². The van der Waals surface area contributed by atoms with Gasteiger partial charge in [-0.3, -0.25) is 4.79 Å². The number of aromatic nitrogens is 2. The number of H-pyrrole nitrogens is 1. The fraction of sp³-hybridized carbons (Fsp3) is 0. The molecule has 78 valence electrons. The van der Waals surface area contributed by atoms with E-state index in [1.165, 1.54) is 4.57 Å². The fourth-order valence-electron chi connectivity index (χ4n) is 1.63. The number of para-hydroxylation sites is 2. The van der Waals surface area contributed by atoms with E-state index >= 15 is 0 Å². The van der Waals surface area contributed by atoms with E-state index in [0.29, 0.717) is 11.0 Å². The molecule has 2 heterocycles. The van der Waals surface area contributed by atoms with Crippen LogP contribution in [-0.2, 0) is 4.79 Å². The maximum Gasteiger partial charge on any atom is 0.333 e. The molecule has 1 aromatic carbocycles. The zero-order chi connectivity index (χ0) is 11.1. The van der Waals surface area contributed by atoms with Crippen molar-refractivity contribution >= 4 is 29.1 Å². The van der Waals surface area contributed by atoms with Crippen LogP contribution in [0, 0.1) is 0 Å². The number of imidazole rings is 1. The van der Waals surface area contributed by atoms with Crippen molar-refractivity contribution in [3.8, 4) is 0 Å². The van der Waals surface area contributed by atoms with Gasteiger partial charge < -0.3 is 4.98 Å². The number of aliphatic imine (C=N–C) groups is 2. The summed E-state index contributed by atoms with van der Waals surface area (Å²) in [5, 5.41) is 0. The molecule has 0 aliphatic carbocycles. The van der Waals surface area contributed by atoms with E-state index in [2.05, 4.69) is 15.0 Å². The summed E-state index contributed by atoms with van der Waals surface area (Å²) >= 11 is 0. The van der Waals surface area contributed by atoms with Gasteiger partial charge in [-0.1, -0.05) is 12.1 Å². The highest BCUT2D eigenvalue weighted by Gasteiger charge is 2.15. The number of fused-ring (bicyclic) bond motifs is 1. The normalized spacial score (nSPS) is 14.8. The molecule has 0 bridgehead atoms. The molecule has 2 aromatic rings. The number of rotatable bonds is 0. The Kier molecular flexibility index (Phi) is 1.64. The second-order valence-corrected chi connectivity index (χ2v) is 3.29. The minimum atomic E-state index is -0.452. The molecule has 6 nitrogen and oxygen atoms in total. The first-order valence-corrected chi connectivity index (χ1v) is 4.62. The molecule has 0 radical (unpaired) electrons. The molecular formula is C10H6N4O2. The number of benzene rings is 1. The van der Waals surface area contributed by atoms with Crippen molar-refractivity contribution in [2.24, 2.45) is 9.98 Å². The summed E-state index contributed by atoms with van der Waals surface area (Å²) in [4.78, 5) is 32.7. The maximum atomic E-state index is 11.7. The van der Waals surface area contributed by atoms with E-state index in [0.717, 1.165) is 6.21 Å². The van der Waals surface area contributed by atoms with Crippen molar-refractivity contribution in [3.63, 3.8) is 0 Å². The molecule has 1 aromatic heterocycles. The molecular weight excluding hydrogens is 208 g/mol. The lowest BCUT2D eigenvalue weighted by Gasteiger charge is -1.97. The number of carbonyl (C=O) groups is 1. The largest absolute Gasteiger partial charge is 0.333 e. The van der Waals surface area contributed by atoms with Gasteiger partial charge in [0.15, 0.2) is 0 Å². The minimum Gasteiger partial charge on any atom is -0.305 e. The molecule has 0 atom stereocenters. The highest BCUT2D eigenvalue weighted by atomic mass is 16.2. The highest BCUT2D eigenvalue weighted by Crippen LogP contribution is 2.10. The smallest absolute Gasteiger partial charge is 0.305 e. The standard InChI is InChI=1S/C10H6N4O2/c15-8-5-11-9(13-8)14-7-4-2-1-3-6(7)12-10(14)16/h1-5H,(H,12,16). The SMILES string of the molecule is O=C1C=NC(n2c(=O)[nH]c3ccccc32)=N1. The van der Waals surface area contributed by atoms with Crippen LogP contribution in [-0.4, -0.2) is 27.6 Å². The predicted octanol–water partition coefficient (Wildman–Crippen LogP) is 0.145. The van der Waals surface area contributed by atoms with E-state index in [1.54, 1.807) is 18.2 Å². The van der Waals surface area contributed by atoms with Crippen LogP contribution in [0.3, 0.4) is 0 Å². The first-order chi connectivity index (χ1) is 7.75. The molecule has 3 rings (SSSR count). The van der Waals surface area contributed by atoms with Crippen LogP contribution in [0.1, 0.15) is 0 Å². The Labute approximate surface area is 89.0 Å². The van der Waals surface area contributed by atoms with Gasteiger partial charge in [0.05, 0.1) is 17.2 Å². The van der Waals surface area contributed by atoms with Crippen LogP contribution in [0.4, 0.5) is 0 Å². The van der Waals surface area contributed by atoms with E-state index in [9.17, 15) is 9.59 Å². The van der Waals surface area contributed by atoms with Gasteiger partial charge in [-0.05, 0) is 12.1 Å². The number of nitrogens with one attached hydrogen (secondary N) is 1. The number of hydrogen-bond donors (Lipinski definition) is 1. The number of carbonyl (C=O) groups excluding carboxylic acids is 1. The van der Waals surface area contributed by atoms with Gasteiger partial charge >= 0.3 is 5.69 Å². The van der Waals surface area contributed by atoms with Crippen molar-refractivity contribution in [1.82, 2.24) is 9.55 Å². The Morgan fingerprint density at radius 2 is 2.00 bits per heavy atom. The monoisotopic (exact) mass is 214 g/mol. The van der Waals surface area contributed by atoms with Gasteiger partial charge in [0, 0.05) is 0 Å². The third-order valence-electron chi connectivity index (χ3n) is 2.29. The molecule has 0 fully saturated rings. The van der Waals surface area contributed by atoms with Crippen molar-refractivity contribution in [3.05, 3.63) is 34.7 Å². The zero-order valence-corrected chi connectivity index (χ0v) is 8.04. The van der Waals surface area contributed by atoms with Gasteiger partial charge in [-0.2, -0.15) is 4.99 Å². The fourth-order valence-corrected chi connectivity index (χ4v) is 1.63. The molecule has 0 spiro atoms. The zero-order valence-electron chi connectivity index (χ0n) is 8.04. The van der Waals surface area contributed by atoms with Crippen LogP contribution in [0.2, 0.25) is 0 Å². The van der Waals surface area contributed by atoms with Gasteiger partial charge in [0.25, 0.3) is 5.91 Å². The van der Waals surface area contributed by atoms with Crippen molar-refractivity contribution in [1.29, 1.82) is 0 Å². The Hall–Kier alpha value is -2.50. The van der Waals surface area contributed by atoms with E-state index in [-0.39, 0.29) is 11.6 Å². The summed E-state index contributed by atoms with van der Waals surface area (Å²) < 4.78 is 1.27. The lowest BCUT2D eigenvalue weighted by molar-refractivity contribution is -0.111. The molecule has 0 unspecified atom stereocenters. The molecule has 1 amide bonds. The average molecular weight is 214 g/mol. The topological polar surface area (TPSA) is 79.6 Å². The van der Waals surface area contributed by atoms with Crippen LogP contribution in [0.5, 0.6) is 0 Å². The second-order valence-electron chi connectivity index (χ2n) is 3.29. The third-order valence-corrected chi connectivity index (χ3v) is 2.29. The van der Waals surface area contributed by atoms with Crippen molar-refractivity contribution < 1.29 is 4.79 Å². The molecule has 16 heavy (non-hydrogen) atoms. The first kappa shape index (κ1) is 8.78. The summed E-state index contributed by atoms with van der Waals surface area (Å²) in [6.07, 6.45) is 1.09. The summed E-state index contributed by atoms with van der Waals surface area (Å²) in [7, 11) is 0. The number of aromatic amines is 1. The summed E-state index contributed by atoms with van der Waals surface area (Å²) in [5.74, 6) is -0.348. The van der Waals surface area contributed by atoms with E-state index in [1.807, 2.05) is 6.07 Å². The van der Waals surface area contributed by atoms with E-state index in [4.69, 9.17) is 0 Å². The number of nitrogens with zero attached hydrogens (tertiary/aromatic N) is 3. The lowest BCUT2D eigenvalue weighted by Crippen LogP contribution is -2.22.